The average Bonchev–Trinajstić information content (AvgIpc) is 3.17. The lowest BCUT2D eigenvalue weighted by atomic mass is 9.63. The summed E-state index contributed by atoms with van der Waals surface area (Å²) in [6.45, 7) is 5.62. The van der Waals surface area contributed by atoms with E-state index < -0.39 is 0 Å². The van der Waals surface area contributed by atoms with Gasteiger partial charge in [-0.1, -0.05) is 121 Å². The molecule has 4 aliphatic rings. The number of hydrogen-bond acceptors (Lipinski definition) is 2. The molecule has 2 aliphatic carbocycles. The smallest absolute Gasteiger partial charge is 0.233 e. The van der Waals surface area contributed by atoms with Crippen LogP contribution in [-0.4, -0.2) is 48.4 Å². The lowest BCUT2D eigenvalue weighted by molar-refractivity contribution is -0.142. The standard InChI is InChI=1S/C24H28ClNO.C24H30ClN/c25-22-13-11-21(12-14-22)24(15-5-16-24)23(27)26-17-4-8-20(18-26)10-9-19-6-2-1-3-7-19;25-23-13-11-22(12-14-23)24(15-5-16-24)19-26-17-4-8-21(18-26)10-9-20-6-2-1-3-7-20/h1-3,6-7,11-14,20H,4-5,8-10,15-18H2;1-3,6-7,11-14,21H,4-5,8-10,15-19H2. The van der Waals surface area contributed by atoms with Crippen molar-refractivity contribution < 1.29 is 4.79 Å². The van der Waals surface area contributed by atoms with Crippen molar-refractivity contribution in [2.75, 3.05) is 32.7 Å². The summed E-state index contributed by atoms with van der Waals surface area (Å²) in [5.74, 6) is 1.82. The van der Waals surface area contributed by atoms with Gasteiger partial charge in [0.25, 0.3) is 0 Å². The topological polar surface area (TPSA) is 23.6 Å². The van der Waals surface area contributed by atoms with Crippen LogP contribution in [0.2, 0.25) is 10.0 Å². The molecule has 5 heteroatoms. The van der Waals surface area contributed by atoms with Gasteiger partial charge in [0.15, 0.2) is 0 Å². The first kappa shape index (κ1) is 38.2. The number of amides is 1. The monoisotopic (exact) mass is 748 g/mol. The molecule has 0 N–H and O–H groups in total. The third kappa shape index (κ3) is 9.59. The third-order valence-corrected chi connectivity index (χ3v) is 13.6. The van der Waals surface area contributed by atoms with Crippen LogP contribution in [0.1, 0.15) is 99.3 Å². The molecule has 0 spiro atoms. The second-order valence-electron chi connectivity index (χ2n) is 16.6. The second kappa shape index (κ2) is 18.0. The molecule has 2 heterocycles. The largest absolute Gasteiger partial charge is 0.342 e. The summed E-state index contributed by atoms with van der Waals surface area (Å²) in [7, 11) is 0. The van der Waals surface area contributed by atoms with Gasteiger partial charge in [0.2, 0.25) is 5.91 Å². The average molecular weight is 750 g/mol. The minimum Gasteiger partial charge on any atom is -0.342 e. The van der Waals surface area contributed by atoms with Crippen molar-refractivity contribution in [1.82, 2.24) is 9.80 Å². The molecule has 0 radical (unpaired) electrons. The number of halogens is 2. The summed E-state index contributed by atoms with van der Waals surface area (Å²) in [5, 5.41) is 1.58. The van der Waals surface area contributed by atoms with Gasteiger partial charge in [-0.3, -0.25) is 4.79 Å². The number of benzene rings is 4. The highest BCUT2D eigenvalue weighted by Crippen LogP contribution is 2.47. The van der Waals surface area contributed by atoms with Gasteiger partial charge in [0.1, 0.15) is 0 Å². The Morgan fingerprint density at radius 2 is 1.09 bits per heavy atom. The van der Waals surface area contributed by atoms with E-state index in [1.54, 1.807) is 0 Å². The molecule has 8 rings (SSSR count). The Hall–Kier alpha value is -3.11. The Balaban J connectivity index is 0.000000164. The van der Waals surface area contributed by atoms with Gasteiger partial charge in [0.05, 0.1) is 5.41 Å². The van der Waals surface area contributed by atoms with E-state index in [0.29, 0.717) is 17.2 Å². The number of carbonyl (C=O) groups excluding carboxylic acids is 1. The van der Waals surface area contributed by atoms with E-state index >= 15 is 0 Å². The lowest BCUT2D eigenvalue weighted by Crippen LogP contribution is -2.53. The van der Waals surface area contributed by atoms with E-state index in [1.165, 1.54) is 94.1 Å². The normalized spacial score (nSPS) is 22.1. The maximum absolute atomic E-state index is 13.5. The fraction of sp³-hybridized carbons (Fsp3) is 0.479. The van der Waals surface area contributed by atoms with Crippen LogP contribution in [0.4, 0.5) is 0 Å². The SMILES string of the molecule is Clc1ccc(C2(CN3CCCC(CCc4ccccc4)C3)CCC2)cc1.O=C(N1CCCC(CCc2ccccc2)C1)C1(c2ccc(Cl)cc2)CCC1. The van der Waals surface area contributed by atoms with Gasteiger partial charge in [-0.25, -0.2) is 0 Å². The molecule has 2 saturated carbocycles. The molecule has 0 aromatic heterocycles. The first-order chi connectivity index (χ1) is 25.9. The highest BCUT2D eigenvalue weighted by Gasteiger charge is 2.48. The van der Waals surface area contributed by atoms with Crippen molar-refractivity contribution in [3.05, 3.63) is 141 Å². The summed E-state index contributed by atoms with van der Waals surface area (Å²) in [4.78, 5) is 18.4. The van der Waals surface area contributed by atoms with Gasteiger partial charge in [-0.15, -0.1) is 0 Å². The second-order valence-corrected chi connectivity index (χ2v) is 17.5. The van der Waals surface area contributed by atoms with E-state index in [2.05, 4.69) is 107 Å². The summed E-state index contributed by atoms with van der Waals surface area (Å²) in [5.41, 5.74) is 5.62. The predicted molar refractivity (Wildman–Crippen MR) is 222 cm³/mol. The van der Waals surface area contributed by atoms with Crippen LogP contribution in [0.5, 0.6) is 0 Å². The molecular formula is C48H58Cl2N2O. The Morgan fingerprint density at radius 1 is 0.585 bits per heavy atom. The maximum Gasteiger partial charge on any atom is 0.233 e. The van der Waals surface area contributed by atoms with E-state index in [-0.39, 0.29) is 5.41 Å². The van der Waals surface area contributed by atoms with Crippen molar-refractivity contribution in [2.45, 2.75) is 101 Å². The van der Waals surface area contributed by atoms with E-state index in [1.807, 2.05) is 12.1 Å². The van der Waals surface area contributed by atoms with Crippen LogP contribution >= 0.6 is 23.2 Å². The minimum absolute atomic E-state index is 0.300. The van der Waals surface area contributed by atoms with E-state index in [9.17, 15) is 4.79 Å². The van der Waals surface area contributed by atoms with Crippen molar-refractivity contribution in [2.24, 2.45) is 11.8 Å². The number of likely N-dealkylation sites (tertiary alicyclic amines) is 2. The minimum atomic E-state index is -0.300. The summed E-state index contributed by atoms with van der Waals surface area (Å²) in [6.07, 6.45) is 17.1. The molecule has 2 saturated heterocycles. The highest BCUT2D eigenvalue weighted by atomic mass is 35.5. The molecule has 4 fully saturated rings. The van der Waals surface area contributed by atoms with Gasteiger partial charge in [-0.05, 0) is 142 Å². The van der Waals surface area contributed by atoms with Crippen LogP contribution in [0.3, 0.4) is 0 Å². The highest BCUT2D eigenvalue weighted by molar-refractivity contribution is 6.30. The van der Waals surface area contributed by atoms with Crippen LogP contribution in [-0.2, 0) is 28.5 Å². The summed E-state index contributed by atoms with van der Waals surface area (Å²) < 4.78 is 0. The molecule has 53 heavy (non-hydrogen) atoms. The van der Waals surface area contributed by atoms with Gasteiger partial charge in [-0.2, -0.15) is 0 Å². The zero-order chi connectivity index (χ0) is 36.5. The molecule has 4 aromatic rings. The van der Waals surface area contributed by atoms with Crippen molar-refractivity contribution >= 4 is 29.1 Å². The quantitative estimate of drug-likeness (QED) is 0.152. The third-order valence-electron chi connectivity index (χ3n) is 13.1. The van der Waals surface area contributed by atoms with Crippen molar-refractivity contribution in [3.8, 4) is 0 Å². The Labute approximate surface area is 329 Å². The van der Waals surface area contributed by atoms with Crippen LogP contribution in [0.25, 0.3) is 0 Å². The lowest BCUT2D eigenvalue weighted by Gasteiger charge is -2.47. The number of carbonyl (C=O) groups is 1. The van der Waals surface area contributed by atoms with Crippen LogP contribution < -0.4 is 0 Å². The molecule has 3 nitrogen and oxygen atoms in total. The number of piperidine rings is 2. The number of aryl methyl sites for hydroxylation is 2. The van der Waals surface area contributed by atoms with Crippen LogP contribution in [0, 0.1) is 11.8 Å². The first-order valence-electron chi connectivity index (χ1n) is 20.5. The molecule has 4 aromatic carbocycles. The zero-order valence-electron chi connectivity index (χ0n) is 31.5. The first-order valence-corrected chi connectivity index (χ1v) is 21.3. The Morgan fingerprint density at radius 3 is 1.60 bits per heavy atom. The maximum atomic E-state index is 13.5. The Bertz CT molecular complexity index is 1720. The molecular weight excluding hydrogens is 691 g/mol. The summed E-state index contributed by atoms with van der Waals surface area (Å²) >= 11 is 12.2. The molecule has 2 aliphatic heterocycles. The zero-order valence-corrected chi connectivity index (χ0v) is 33.1. The van der Waals surface area contributed by atoms with Gasteiger partial charge < -0.3 is 9.80 Å². The fourth-order valence-corrected chi connectivity index (χ4v) is 9.90. The van der Waals surface area contributed by atoms with Gasteiger partial charge in [0, 0.05) is 41.6 Å². The molecule has 280 valence electrons. The van der Waals surface area contributed by atoms with E-state index in [0.717, 1.165) is 66.7 Å². The Kier molecular flexibility index (Phi) is 13.0. The number of nitrogens with zero attached hydrogens (tertiary/aromatic N) is 2. The number of rotatable bonds is 11. The molecule has 1 amide bonds. The van der Waals surface area contributed by atoms with E-state index in [4.69, 9.17) is 23.2 Å². The summed E-state index contributed by atoms with van der Waals surface area (Å²) in [6, 6.07) is 38.3. The van der Waals surface area contributed by atoms with Gasteiger partial charge >= 0.3 is 0 Å². The van der Waals surface area contributed by atoms with Crippen molar-refractivity contribution in [3.63, 3.8) is 0 Å². The molecule has 2 atom stereocenters. The predicted octanol–water partition coefficient (Wildman–Crippen LogP) is 11.7. The fourth-order valence-electron chi connectivity index (χ4n) is 9.65. The van der Waals surface area contributed by atoms with Crippen LogP contribution in [0.15, 0.2) is 109 Å². The van der Waals surface area contributed by atoms with Crippen molar-refractivity contribution in [1.29, 1.82) is 0 Å². The molecule has 0 bridgehead atoms. The number of hydrogen-bond donors (Lipinski definition) is 0. The molecule has 2 unspecified atom stereocenters.